The smallest absolute Gasteiger partial charge is 0.215 e. The molecule has 0 aliphatic rings. The van der Waals surface area contributed by atoms with Crippen LogP contribution in [0, 0.1) is 6.92 Å². The van der Waals surface area contributed by atoms with Crippen LogP contribution in [0.25, 0.3) is 0 Å². The SMILES string of the molecule is CCNCC(C)S(=O)(=O)NCCCc1cn[nH]c1C. The van der Waals surface area contributed by atoms with Gasteiger partial charge < -0.3 is 5.32 Å². The number of hydrogen-bond donors (Lipinski definition) is 3. The number of aromatic amines is 1. The Bertz CT molecular complexity index is 470. The van der Waals surface area contributed by atoms with Crippen LogP contribution in [0.2, 0.25) is 0 Å². The molecule has 1 atom stereocenters. The lowest BCUT2D eigenvalue weighted by atomic mass is 10.1. The van der Waals surface area contributed by atoms with Crippen LogP contribution in [0.15, 0.2) is 6.20 Å². The van der Waals surface area contributed by atoms with Gasteiger partial charge in [-0.1, -0.05) is 6.92 Å². The van der Waals surface area contributed by atoms with E-state index in [2.05, 4.69) is 20.2 Å². The van der Waals surface area contributed by atoms with Gasteiger partial charge in [-0.05, 0) is 38.8 Å². The molecular formula is C12H24N4O2S. The van der Waals surface area contributed by atoms with Crippen LogP contribution in [0.3, 0.4) is 0 Å². The number of nitrogens with zero attached hydrogens (tertiary/aromatic N) is 1. The first-order valence-corrected chi connectivity index (χ1v) is 8.20. The van der Waals surface area contributed by atoms with Crippen molar-refractivity contribution in [2.45, 2.75) is 38.9 Å². The monoisotopic (exact) mass is 288 g/mol. The van der Waals surface area contributed by atoms with Crippen molar-refractivity contribution in [1.29, 1.82) is 0 Å². The Kier molecular flexibility index (Phi) is 6.47. The van der Waals surface area contributed by atoms with Crippen LogP contribution >= 0.6 is 0 Å². The number of aryl methyl sites for hydroxylation is 2. The van der Waals surface area contributed by atoms with E-state index in [4.69, 9.17) is 0 Å². The third kappa shape index (κ3) is 5.30. The maximum Gasteiger partial charge on any atom is 0.215 e. The molecule has 0 bridgehead atoms. The van der Waals surface area contributed by atoms with Crippen molar-refractivity contribution in [3.8, 4) is 0 Å². The van der Waals surface area contributed by atoms with Gasteiger partial charge in [0.05, 0.1) is 11.4 Å². The van der Waals surface area contributed by atoms with Gasteiger partial charge in [-0.3, -0.25) is 5.10 Å². The molecule has 0 saturated carbocycles. The van der Waals surface area contributed by atoms with Crippen molar-refractivity contribution >= 4 is 10.0 Å². The van der Waals surface area contributed by atoms with Crippen LogP contribution < -0.4 is 10.0 Å². The van der Waals surface area contributed by atoms with Gasteiger partial charge in [0.15, 0.2) is 0 Å². The zero-order valence-corrected chi connectivity index (χ0v) is 12.7. The minimum atomic E-state index is -3.22. The van der Waals surface area contributed by atoms with E-state index in [1.807, 2.05) is 13.8 Å². The van der Waals surface area contributed by atoms with Gasteiger partial charge in [-0.25, -0.2) is 13.1 Å². The first-order chi connectivity index (χ1) is 8.97. The highest BCUT2D eigenvalue weighted by Crippen LogP contribution is 2.05. The average molecular weight is 288 g/mol. The van der Waals surface area contributed by atoms with Gasteiger partial charge in [0, 0.05) is 18.8 Å². The van der Waals surface area contributed by atoms with E-state index in [9.17, 15) is 8.42 Å². The van der Waals surface area contributed by atoms with E-state index in [-0.39, 0.29) is 0 Å². The molecule has 1 rings (SSSR count). The molecule has 1 unspecified atom stereocenters. The van der Waals surface area contributed by atoms with E-state index in [1.54, 1.807) is 13.1 Å². The van der Waals surface area contributed by atoms with Crippen LogP contribution in [-0.2, 0) is 16.4 Å². The summed E-state index contributed by atoms with van der Waals surface area (Å²) in [5.41, 5.74) is 2.18. The Morgan fingerprint density at radius 1 is 1.47 bits per heavy atom. The number of hydrogen-bond acceptors (Lipinski definition) is 4. The van der Waals surface area contributed by atoms with Gasteiger partial charge in [0.25, 0.3) is 0 Å². The van der Waals surface area contributed by atoms with E-state index in [0.717, 1.165) is 30.6 Å². The predicted molar refractivity (Wildman–Crippen MR) is 76.6 cm³/mol. The number of H-pyrrole nitrogens is 1. The van der Waals surface area contributed by atoms with E-state index >= 15 is 0 Å². The second kappa shape index (κ2) is 7.62. The first-order valence-electron chi connectivity index (χ1n) is 6.65. The van der Waals surface area contributed by atoms with Gasteiger partial charge in [0.2, 0.25) is 10.0 Å². The topological polar surface area (TPSA) is 86.9 Å². The minimum Gasteiger partial charge on any atom is -0.316 e. The second-order valence-corrected chi connectivity index (χ2v) is 6.86. The summed E-state index contributed by atoms with van der Waals surface area (Å²) in [5.74, 6) is 0. The number of rotatable bonds is 9. The molecule has 19 heavy (non-hydrogen) atoms. The lowest BCUT2D eigenvalue weighted by Gasteiger charge is -2.14. The highest BCUT2D eigenvalue weighted by atomic mass is 32.2. The Labute approximate surface area is 115 Å². The summed E-state index contributed by atoms with van der Waals surface area (Å²) in [6.45, 7) is 7.35. The Morgan fingerprint density at radius 2 is 2.21 bits per heavy atom. The van der Waals surface area contributed by atoms with Crippen molar-refractivity contribution < 1.29 is 8.42 Å². The molecule has 6 nitrogen and oxygen atoms in total. The summed E-state index contributed by atoms with van der Waals surface area (Å²) in [6, 6.07) is 0. The third-order valence-electron chi connectivity index (χ3n) is 3.07. The molecule has 0 radical (unpaired) electrons. The molecular weight excluding hydrogens is 264 g/mol. The average Bonchev–Trinajstić information content (AvgIpc) is 2.77. The molecule has 0 fully saturated rings. The van der Waals surface area contributed by atoms with Crippen molar-refractivity contribution in [3.63, 3.8) is 0 Å². The molecule has 0 saturated heterocycles. The molecule has 1 heterocycles. The van der Waals surface area contributed by atoms with Gasteiger partial charge in [0.1, 0.15) is 0 Å². The molecule has 0 amide bonds. The summed E-state index contributed by atoms with van der Waals surface area (Å²) in [4.78, 5) is 0. The van der Waals surface area contributed by atoms with Crippen LogP contribution in [0.5, 0.6) is 0 Å². The lowest BCUT2D eigenvalue weighted by molar-refractivity contribution is 0.558. The van der Waals surface area contributed by atoms with E-state index < -0.39 is 15.3 Å². The fourth-order valence-corrected chi connectivity index (χ4v) is 2.77. The summed E-state index contributed by atoms with van der Waals surface area (Å²) < 4.78 is 26.4. The Morgan fingerprint density at radius 3 is 2.79 bits per heavy atom. The highest BCUT2D eigenvalue weighted by molar-refractivity contribution is 7.90. The molecule has 0 spiro atoms. The van der Waals surface area contributed by atoms with E-state index in [0.29, 0.717) is 13.1 Å². The van der Waals surface area contributed by atoms with Gasteiger partial charge in [-0.15, -0.1) is 0 Å². The van der Waals surface area contributed by atoms with E-state index in [1.165, 1.54) is 0 Å². The first kappa shape index (κ1) is 16.1. The molecule has 1 aromatic heterocycles. The van der Waals surface area contributed by atoms with Crippen molar-refractivity contribution in [1.82, 2.24) is 20.2 Å². The van der Waals surface area contributed by atoms with Crippen LogP contribution in [0.4, 0.5) is 0 Å². The Balaban J connectivity index is 2.30. The van der Waals surface area contributed by atoms with Crippen LogP contribution in [0.1, 0.15) is 31.5 Å². The van der Waals surface area contributed by atoms with Crippen molar-refractivity contribution in [2.24, 2.45) is 0 Å². The fourth-order valence-electron chi connectivity index (χ4n) is 1.72. The molecule has 0 aliphatic carbocycles. The molecule has 7 heteroatoms. The zero-order valence-electron chi connectivity index (χ0n) is 11.9. The molecule has 3 N–H and O–H groups in total. The highest BCUT2D eigenvalue weighted by Gasteiger charge is 2.19. The number of aromatic nitrogens is 2. The van der Waals surface area contributed by atoms with Gasteiger partial charge in [-0.2, -0.15) is 5.10 Å². The summed E-state index contributed by atoms with van der Waals surface area (Å²) in [6.07, 6.45) is 3.39. The summed E-state index contributed by atoms with van der Waals surface area (Å²) in [7, 11) is -3.22. The largest absolute Gasteiger partial charge is 0.316 e. The molecule has 0 aliphatic heterocycles. The number of nitrogens with one attached hydrogen (secondary N) is 3. The van der Waals surface area contributed by atoms with Crippen LogP contribution in [-0.4, -0.2) is 43.5 Å². The molecule has 1 aromatic rings. The number of sulfonamides is 1. The van der Waals surface area contributed by atoms with Crippen molar-refractivity contribution in [3.05, 3.63) is 17.5 Å². The Hall–Kier alpha value is -0.920. The quantitative estimate of drug-likeness (QED) is 0.580. The molecule has 110 valence electrons. The fraction of sp³-hybridized carbons (Fsp3) is 0.750. The molecule has 0 aromatic carbocycles. The summed E-state index contributed by atoms with van der Waals surface area (Å²) >= 11 is 0. The summed E-state index contributed by atoms with van der Waals surface area (Å²) in [5, 5.41) is 9.44. The predicted octanol–water partition coefficient (Wildman–Crippen LogP) is 0.568. The maximum absolute atomic E-state index is 11.9. The second-order valence-electron chi connectivity index (χ2n) is 4.68. The third-order valence-corrected chi connectivity index (χ3v) is 4.90. The standard InChI is InChI=1S/C12H24N4O2S/c1-4-13-8-10(2)19(17,18)15-7-5-6-12-9-14-16-11(12)3/h9-10,13,15H,4-8H2,1-3H3,(H,14,16). The lowest BCUT2D eigenvalue weighted by Crippen LogP contribution is -2.39. The minimum absolute atomic E-state index is 0.414. The zero-order chi connectivity index (χ0) is 14.3. The van der Waals surface area contributed by atoms with Gasteiger partial charge >= 0.3 is 0 Å². The normalized spacial score (nSPS) is 13.6. The van der Waals surface area contributed by atoms with Crippen molar-refractivity contribution in [2.75, 3.05) is 19.6 Å². The maximum atomic E-state index is 11.9.